The molecule has 0 saturated carbocycles. The highest BCUT2D eigenvalue weighted by atomic mass is 16.6. The molecule has 0 unspecified atom stereocenters. The van der Waals surface area contributed by atoms with Gasteiger partial charge in [-0.2, -0.15) is 10.2 Å². The van der Waals surface area contributed by atoms with Crippen molar-refractivity contribution in [1.29, 1.82) is 0 Å². The number of ether oxygens (including phenoxy) is 2. The number of hydrazone groups is 1. The quantitative estimate of drug-likeness (QED) is 0.350. The second kappa shape index (κ2) is 8.86. The highest BCUT2D eigenvalue weighted by Gasteiger charge is 2.15. The van der Waals surface area contributed by atoms with Crippen molar-refractivity contribution >= 4 is 17.3 Å². The zero-order valence-corrected chi connectivity index (χ0v) is 16.5. The summed E-state index contributed by atoms with van der Waals surface area (Å²) in [6.07, 6.45) is 0. The second-order valence-corrected chi connectivity index (χ2v) is 6.18. The molecule has 0 atom stereocenters. The topological polar surface area (TPSA) is 132 Å². The lowest BCUT2D eigenvalue weighted by atomic mass is 10.1. The number of hydrogen-bond acceptors (Lipinski definition) is 7. The number of rotatable bonds is 7. The zero-order chi connectivity index (χ0) is 21.7. The van der Waals surface area contributed by atoms with Crippen molar-refractivity contribution in [3.63, 3.8) is 0 Å². The molecule has 0 spiro atoms. The fourth-order valence-corrected chi connectivity index (χ4v) is 2.69. The van der Waals surface area contributed by atoms with Crippen molar-refractivity contribution in [2.45, 2.75) is 6.92 Å². The van der Waals surface area contributed by atoms with Crippen LogP contribution in [0.3, 0.4) is 0 Å². The highest BCUT2D eigenvalue weighted by molar-refractivity contribution is 6.01. The van der Waals surface area contributed by atoms with E-state index < -0.39 is 10.8 Å². The van der Waals surface area contributed by atoms with Gasteiger partial charge in [-0.25, -0.2) is 5.43 Å². The van der Waals surface area contributed by atoms with E-state index in [2.05, 4.69) is 20.7 Å². The Kier molecular flexibility index (Phi) is 6.06. The van der Waals surface area contributed by atoms with Crippen LogP contribution in [-0.2, 0) is 0 Å². The number of H-pyrrole nitrogens is 1. The molecule has 2 aromatic carbocycles. The van der Waals surface area contributed by atoms with E-state index in [1.165, 1.54) is 19.2 Å². The molecule has 10 heteroatoms. The Morgan fingerprint density at radius 3 is 2.67 bits per heavy atom. The van der Waals surface area contributed by atoms with E-state index in [0.29, 0.717) is 34.0 Å². The number of non-ortho nitro benzene ring substituents is 1. The number of amides is 1. The summed E-state index contributed by atoms with van der Waals surface area (Å²) >= 11 is 0. The van der Waals surface area contributed by atoms with E-state index >= 15 is 0 Å². The summed E-state index contributed by atoms with van der Waals surface area (Å²) in [7, 11) is 3.09. The summed E-state index contributed by atoms with van der Waals surface area (Å²) in [5.41, 5.74) is 4.70. The first-order valence-corrected chi connectivity index (χ1v) is 8.80. The van der Waals surface area contributed by atoms with E-state index in [-0.39, 0.29) is 11.4 Å². The molecule has 1 aromatic heterocycles. The number of nitrogens with zero attached hydrogens (tertiary/aromatic N) is 3. The molecule has 0 fully saturated rings. The number of carbonyl (C=O) groups is 1. The molecular weight excluding hydrogens is 390 g/mol. The van der Waals surface area contributed by atoms with Gasteiger partial charge in [0.25, 0.3) is 11.6 Å². The Labute approximate surface area is 171 Å². The summed E-state index contributed by atoms with van der Waals surface area (Å²) < 4.78 is 10.5. The molecule has 10 nitrogen and oxygen atoms in total. The number of hydrogen-bond donors (Lipinski definition) is 2. The number of nitrogens with one attached hydrogen (secondary N) is 2. The van der Waals surface area contributed by atoms with Crippen LogP contribution in [0.5, 0.6) is 11.5 Å². The molecule has 3 aromatic rings. The third-order valence-corrected chi connectivity index (χ3v) is 4.31. The summed E-state index contributed by atoms with van der Waals surface area (Å²) in [4.78, 5) is 22.8. The summed E-state index contributed by atoms with van der Waals surface area (Å²) in [5, 5.41) is 21.7. The first kappa shape index (κ1) is 20.5. The first-order chi connectivity index (χ1) is 14.4. The van der Waals surface area contributed by atoms with Gasteiger partial charge >= 0.3 is 0 Å². The van der Waals surface area contributed by atoms with Crippen LogP contribution in [0.4, 0.5) is 5.69 Å². The summed E-state index contributed by atoms with van der Waals surface area (Å²) in [6, 6.07) is 12.8. The minimum absolute atomic E-state index is 0.0555. The summed E-state index contributed by atoms with van der Waals surface area (Å²) in [5.74, 6) is 0.674. The van der Waals surface area contributed by atoms with Crippen molar-refractivity contribution in [3.05, 3.63) is 69.9 Å². The van der Waals surface area contributed by atoms with Gasteiger partial charge in [-0.15, -0.1) is 0 Å². The van der Waals surface area contributed by atoms with E-state index in [1.807, 2.05) is 0 Å². The van der Waals surface area contributed by atoms with Gasteiger partial charge in [-0.3, -0.25) is 20.0 Å². The smallest absolute Gasteiger partial charge is 0.289 e. The van der Waals surface area contributed by atoms with Crippen LogP contribution in [0.2, 0.25) is 0 Å². The maximum absolute atomic E-state index is 12.4. The van der Waals surface area contributed by atoms with E-state index in [9.17, 15) is 14.9 Å². The average Bonchev–Trinajstić information content (AvgIpc) is 3.26. The van der Waals surface area contributed by atoms with E-state index in [0.717, 1.165) is 0 Å². The fraction of sp³-hybridized carbons (Fsp3) is 0.150. The standard InChI is InChI=1S/C20H19N5O5/c1-12(13-5-4-6-14(9-13)25(27)28)21-24-20(26)18-11-17(22-23-18)16-8-7-15(29-2)10-19(16)30-3/h4-11H,1-3H3,(H,22,23)(H,24,26)/b21-12-. The lowest BCUT2D eigenvalue weighted by molar-refractivity contribution is -0.384. The first-order valence-electron chi connectivity index (χ1n) is 8.80. The number of aromatic nitrogens is 2. The van der Waals surface area contributed by atoms with Gasteiger partial charge in [0.15, 0.2) is 0 Å². The maximum atomic E-state index is 12.4. The molecule has 0 aliphatic heterocycles. The molecular formula is C20H19N5O5. The Morgan fingerprint density at radius 1 is 1.17 bits per heavy atom. The highest BCUT2D eigenvalue weighted by Crippen LogP contribution is 2.32. The van der Waals surface area contributed by atoms with Crippen LogP contribution < -0.4 is 14.9 Å². The van der Waals surface area contributed by atoms with Crippen molar-refractivity contribution < 1.29 is 19.2 Å². The minimum atomic E-state index is -0.508. The number of nitro groups is 1. The number of carbonyl (C=O) groups excluding carboxylic acids is 1. The van der Waals surface area contributed by atoms with Crippen LogP contribution in [0.1, 0.15) is 23.0 Å². The molecule has 30 heavy (non-hydrogen) atoms. The van der Waals surface area contributed by atoms with Gasteiger partial charge in [0.05, 0.1) is 30.5 Å². The van der Waals surface area contributed by atoms with E-state index in [4.69, 9.17) is 9.47 Å². The monoisotopic (exact) mass is 409 g/mol. The van der Waals surface area contributed by atoms with Crippen LogP contribution >= 0.6 is 0 Å². The summed E-state index contributed by atoms with van der Waals surface area (Å²) in [6.45, 7) is 1.64. The van der Waals surface area contributed by atoms with Crippen LogP contribution in [0, 0.1) is 10.1 Å². The van der Waals surface area contributed by atoms with Gasteiger partial charge in [0, 0.05) is 29.3 Å². The molecule has 1 amide bonds. The van der Waals surface area contributed by atoms with Crippen LogP contribution in [-0.4, -0.2) is 41.0 Å². The molecule has 1 heterocycles. The normalized spacial score (nSPS) is 11.1. The number of methoxy groups -OCH3 is 2. The van der Waals surface area contributed by atoms with Crippen LogP contribution in [0.15, 0.2) is 53.6 Å². The van der Waals surface area contributed by atoms with Crippen molar-refractivity contribution in [1.82, 2.24) is 15.6 Å². The Bertz CT molecular complexity index is 1120. The molecule has 0 saturated heterocycles. The number of aromatic amines is 1. The van der Waals surface area contributed by atoms with Gasteiger partial charge in [-0.1, -0.05) is 12.1 Å². The zero-order valence-electron chi connectivity index (χ0n) is 16.5. The Morgan fingerprint density at radius 2 is 1.97 bits per heavy atom. The third kappa shape index (κ3) is 4.43. The molecule has 0 aliphatic carbocycles. The minimum Gasteiger partial charge on any atom is -0.497 e. The number of benzene rings is 2. The molecule has 0 bridgehead atoms. The predicted molar refractivity (Wildman–Crippen MR) is 110 cm³/mol. The second-order valence-electron chi connectivity index (χ2n) is 6.18. The van der Waals surface area contributed by atoms with Crippen molar-refractivity contribution in [2.75, 3.05) is 14.2 Å². The fourth-order valence-electron chi connectivity index (χ4n) is 2.69. The molecule has 0 aliphatic rings. The Balaban J connectivity index is 1.76. The Hall–Kier alpha value is -4.21. The molecule has 154 valence electrons. The van der Waals surface area contributed by atoms with Gasteiger partial charge in [0.1, 0.15) is 17.2 Å². The molecule has 0 radical (unpaired) electrons. The number of nitro benzene ring substituents is 1. The van der Waals surface area contributed by atoms with Crippen molar-refractivity contribution in [2.24, 2.45) is 5.10 Å². The van der Waals surface area contributed by atoms with E-state index in [1.54, 1.807) is 50.4 Å². The van der Waals surface area contributed by atoms with Gasteiger partial charge in [0.2, 0.25) is 0 Å². The maximum Gasteiger partial charge on any atom is 0.289 e. The van der Waals surface area contributed by atoms with Gasteiger partial charge in [-0.05, 0) is 25.1 Å². The molecule has 3 rings (SSSR count). The van der Waals surface area contributed by atoms with Crippen molar-refractivity contribution in [3.8, 4) is 22.8 Å². The predicted octanol–water partition coefficient (Wildman–Crippen LogP) is 3.16. The average molecular weight is 409 g/mol. The SMILES string of the molecule is COc1ccc(-c2cc(C(=O)N/N=C(/C)c3cccc([N+](=O)[O-])c3)[nH]n2)c(OC)c1. The van der Waals surface area contributed by atoms with Gasteiger partial charge < -0.3 is 9.47 Å². The third-order valence-electron chi connectivity index (χ3n) is 4.31. The lowest BCUT2D eigenvalue weighted by Gasteiger charge is -2.08. The largest absolute Gasteiger partial charge is 0.497 e. The lowest BCUT2D eigenvalue weighted by Crippen LogP contribution is -2.19. The molecule has 2 N–H and O–H groups in total. The van der Waals surface area contributed by atoms with Crippen LogP contribution in [0.25, 0.3) is 11.3 Å².